The van der Waals surface area contributed by atoms with Crippen LogP contribution in [0.3, 0.4) is 0 Å². The van der Waals surface area contributed by atoms with E-state index in [1.54, 1.807) is 24.3 Å². The molecule has 1 atom stereocenters. The van der Waals surface area contributed by atoms with Crippen LogP contribution < -0.4 is 5.32 Å². The van der Waals surface area contributed by atoms with E-state index in [0.29, 0.717) is 22.9 Å². The van der Waals surface area contributed by atoms with Crippen LogP contribution in [0, 0.1) is 17.2 Å². The topological polar surface area (TPSA) is 70.0 Å². The standard InChI is InChI=1S/C15H18N2O2S/c16-9-12-5-7-14(8-6-12)17-15(18)11-20(19)10-13-3-1-2-4-13/h5-8,13H,1-4,10-11H2,(H,17,18). The van der Waals surface area contributed by atoms with Crippen LogP contribution in [0.15, 0.2) is 24.3 Å². The molecule has 0 heterocycles. The van der Waals surface area contributed by atoms with Crippen LogP contribution in [0.1, 0.15) is 31.2 Å². The number of rotatable bonds is 5. The molecule has 0 radical (unpaired) electrons. The minimum Gasteiger partial charge on any atom is -0.325 e. The molecule has 0 aromatic heterocycles. The number of amides is 1. The smallest absolute Gasteiger partial charge is 0.236 e. The van der Waals surface area contributed by atoms with Crippen LogP contribution in [-0.4, -0.2) is 21.6 Å². The molecular formula is C15H18N2O2S. The molecular weight excluding hydrogens is 272 g/mol. The van der Waals surface area contributed by atoms with Gasteiger partial charge in [0.25, 0.3) is 0 Å². The number of nitrogens with one attached hydrogen (secondary N) is 1. The number of nitrogens with zero attached hydrogens (tertiary/aromatic N) is 1. The number of hydrogen-bond acceptors (Lipinski definition) is 3. The first-order valence-corrected chi connectivity index (χ1v) is 8.31. The Kier molecular flexibility index (Phi) is 5.31. The van der Waals surface area contributed by atoms with Crippen LogP contribution >= 0.6 is 0 Å². The highest BCUT2D eigenvalue weighted by molar-refractivity contribution is 7.85. The first-order valence-electron chi connectivity index (χ1n) is 6.82. The van der Waals surface area contributed by atoms with Crippen molar-refractivity contribution in [2.45, 2.75) is 25.7 Å². The van der Waals surface area contributed by atoms with E-state index in [9.17, 15) is 9.00 Å². The third kappa shape index (κ3) is 4.46. The Bertz CT molecular complexity index is 528. The van der Waals surface area contributed by atoms with Crippen molar-refractivity contribution in [3.05, 3.63) is 29.8 Å². The first kappa shape index (κ1) is 14.7. The molecule has 1 aliphatic carbocycles. The van der Waals surface area contributed by atoms with E-state index in [1.165, 1.54) is 12.8 Å². The molecule has 106 valence electrons. The number of nitriles is 1. The van der Waals surface area contributed by atoms with E-state index in [0.717, 1.165) is 12.8 Å². The average molecular weight is 290 g/mol. The maximum atomic E-state index is 11.9. The fourth-order valence-corrected chi connectivity index (χ4v) is 3.81. The predicted octanol–water partition coefficient (Wildman–Crippen LogP) is 2.44. The van der Waals surface area contributed by atoms with Gasteiger partial charge in [-0.25, -0.2) is 0 Å². The van der Waals surface area contributed by atoms with Gasteiger partial charge in [0, 0.05) is 22.2 Å². The number of hydrogen-bond donors (Lipinski definition) is 1. The molecule has 1 aromatic carbocycles. The fraction of sp³-hybridized carbons (Fsp3) is 0.467. The molecule has 1 aromatic rings. The Morgan fingerprint density at radius 2 is 1.95 bits per heavy atom. The monoisotopic (exact) mass is 290 g/mol. The number of carbonyl (C=O) groups excluding carboxylic acids is 1. The van der Waals surface area contributed by atoms with Gasteiger partial charge in [0.2, 0.25) is 5.91 Å². The summed E-state index contributed by atoms with van der Waals surface area (Å²) in [5.74, 6) is 0.988. The lowest BCUT2D eigenvalue weighted by Crippen LogP contribution is -2.22. The van der Waals surface area contributed by atoms with E-state index < -0.39 is 10.8 Å². The second-order valence-corrected chi connectivity index (χ2v) is 6.64. The van der Waals surface area contributed by atoms with Gasteiger partial charge in [-0.15, -0.1) is 0 Å². The van der Waals surface area contributed by atoms with Crippen molar-refractivity contribution in [1.29, 1.82) is 5.26 Å². The summed E-state index contributed by atoms with van der Waals surface area (Å²) in [5.41, 5.74) is 1.18. The molecule has 1 aliphatic rings. The molecule has 2 rings (SSSR count). The zero-order valence-corrected chi connectivity index (χ0v) is 12.1. The van der Waals surface area contributed by atoms with Crippen LogP contribution in [0.4, 0.5) is 5.69 Å². The Labute approximate surface area is 121 Å². The van der Waals surface area contributed by atoms with Crippen LogP contribution in [-0.2, 0) is 15.6 Å². The first-order chi connectivity index (χ1) is 9.67. The molecule has 20 heavy (non-hydrogen) atoms. The summed E-state index contributed by atoms with van der Waals surface area (Å²) in [6.45, 7) is 0. The Morgan fingerprint density at radius 1 is 1.30 bits per heavy atom. The van der Waals surface area contributed by atoms with E-state index in [1.807, 2.05) is 6.07 Å². The Morgan fingerprint density at radius 3 is 2.55 bits per heavy atom. The van der Waals surface area contributed by atoms with Crippen molar-refractivity contribution in [2.75, 3.05) is 16.8 Å². The molecule has 1 saturated carbocycles. The summed E-state index contributed by atoms with van der Waals surface area (Å²) in [5, 5.41) is 11.4. The van der Waals surface area contributed by atoms with Gasteiger partial charge in [-0.2, -0.15) is 5.26 Å². The molecule has 1 N–H and O–H groups in total. The number of benzene rings is 1. The summed E-state index contributed by atoms with van der Waals surface area (Å²) in [6, 6.07) is 8.66. The maximum absolute atomic E-state index is 11.9. The lowest BCUT2D eigenvalue weighted by molar-refractivity contribution is -0.113. The van der Waals surface area contributed by atoms with Gasteiger partial charge in [0.15, 0.2) is 0 Å². The number of anilines is 1. The zero-order valence-electron chi connectivity index (χ0n) is 11.3. The normalized spacial score (nSPS) is 16.6. The summed E-state index contributed by atoms with van der Waals surface area (Å²) < 4.78 is 11.9. The van der Waals surface area contributed by atoms with Crippen molar-refractivity contribution in [3.8, 4) is 6.07 Å². The lowest BCUT2D eigenvalue weighted by atomic mass is 10.1. The van der Waals surface area contributed by atoms with Gasteiger partial charge in [-0.1, -0.05) is 12.8 Å². The van der Waals surface area contributed by atoms with Crippen molar-refractivity contribution in [1.82, 2.24) is 0 Å². The van der Waals surface area contributed by atoms with Gasteiger partial charge in [0.05, 0.1) is 11.6 Å². The lowest BCUT2D eigenvalue weighted by Gasteiger charge is -2.09. The molecule has 4 nitrogen and oxygen atoms in total. The highest BCUT2D eigenvalue weighted by Gasteiger charge is 2.19. The molecule has 1 unspecified atom stereocenters. The van der Waals surface area contributed by atoms with Gasteiger partial charge < -0.3 is 5.32 Å². The largest absolute Gasteiger partial charge is 0.325 e. The fourth-order valence-electron chi connectivity index (χ4n) is 2.47. The van der Waals surface area contributed by atoms with Crippen molar-refractivity contribution >= 4 is 22.4 Å². The van der Waals surface area contributed by atoms with E-state index >= 15 is 0 Å². The van der Waals surface area contributed by atoms with Crippen molar-refractivity contribution < 1.29 is 9.00 Å². The Hall–Kier alpha value is -1.67. The minimum atomic E-state index is -1.08. The maximum Gasteiger partial charge on any atom is 0.236 e. The highest BCUT2D eigenvalue weighted by atomic mass is 32.2. The summed E-state index contributed by atoms with van der Waals surface area (Å²) in [4.78, 5) is 11.8. The van der Waals surface area contributed by atoms with Gasteiger partial charge in [0.1, 0.15) is 5.75 Å². The second kappa shape index (κ2) is 7.20. The molecule has 0 bridgehead atoms. The van der Waals surface area contributed by atoms with Crippen LogP contribution in [0.2, 0.25) is 0 Å². The highest BCUT2D eigenvalue weighted by Crippen LogP contribution is 2.25. The minimum absolute atomic E-state index is 0.0521. The van der Waals surface area contributed by atoms with E-state index in [-0.39, 0.29) is 11.7 Å². The second-order valence-electron chi connectivity index (χ2n) is 5.14. The summed E-state index contributed by atoms with van der Waals surface area (Å²) in [6.07, 6.45) is 4.73. The van der Waals surface area contributed by atoms with Crippen LogP contribution in [0.5, 0.6) is 0 Å². The van der Waals surface area contributed by atoms with E-state index in [4.69, 9.17) is 5.26 Å². The quantitative estimate of drug-likeness (QED) is 0.905. The van der Waals surface area contributed by atoms with Crippen molar-refractivity contribution in [3.63, 3.8) is 0 Å². The van der Waals surface area contributed by atoms with Gasteiger partial charge in [-0.3, -0.25) is 9.00 Å². The van der Waals surface area contributed by atoms with Gasteiger partial charge >= 0.3 is 0 Å². The SMILES string of the molecule is N#Cc1ccc(NC(=O)CS(=O)CC2CCCC2)cc1. The molecule has 0 aliphatic heterocycles. The molecule has 0 saturated heterocycles. The number of carbonyl (C=O) groups is 1. The Balaban J connectivity index is 1.79. The van der Waals surface area contributed by atoms with Gasteiger partial charge in [-0.05, 0) is 43.0 Å². The summed E-state index contributed by atoms with van der Waals surface area (Å²) in [7, 11) is -1.08. The molecule has 1 fully saturated rings. The zero-order chi connectivity index (χ0) is 14.4. The summed E-state index contributed by atoms with van der Waals surface area (Å²) >= 11 is 0. The molecule has 0 spiro atoms. The van der Waals surface area contributed by atoms with E-state index in [2.05, 4.69) is 5.32 Å². The molecule has 1 amide bonds. The predicted molar refractivity (Wildman–Crippen MR) is 79.6 cm³/mol. The average Bonchev–Trinajstić information content (AvgIpc) is 2.92. The van der Waals surface area contributed by atoms with Crippen molar-refractivity contribution in [2.24, 2.45) is 5.92 Å². The third-order valence-corrected chi connectivity index (χ3v) is 4.91. The molecule has 5 heteroatoms. The third-order valence-electron chi connectivity index (χ3n) is 3.49. The van der Waals surface area contributed by atoms with Crippen LogP contribution in [0.25, 0.3) is 0 Å².